The highest BCUT2D eigenvalue weighted by Crippen LogP contribution is 2.34. The molecule has 0 atom stereocenters. The number of hydrogen-bond donors (Lipinski definition) is 2. The Morgan fingerprint density at radius 2 is 2.06 bits per heavy atom. The van der Waals surface area contributed by atoms with E-state index in [1.165, 1.54) is 19.3 Å². The largest absolute Gasteiger partial charge is 0.355 e. The fraction of sp³-hybridized carbons (Fsp3) is 0.929. The summed E-state index contributed by atoms with van der Waals surface area (Å²) in [5.41, 5.74) is -0.0657. The van der Waals surface area contributed by atoms with E-state index in [-0.39, 0.29) is 5.41 Å². The van der Waals surface area contributed by atoms with Crippen molar-refractivity contribution in [3.8, 4) is 0 Å². The van der Waals surface area contributed by atoms with E-state index in [2.05, 4.69) is 17.6 Å². The van der Waals surface area contributed by atoms with Crippen molar-refractivity contribution in [2.75, 3.05) is 19.6 Å². The molecule has 1 aliphatic heterocycles. The highest BCUT2D eigenvalue weighted by molar-refractivity contribution is 5.82. The molecule has 1 aliphatic carbocycles. The molecule has 0 spiro atoms. The summed E-state index contributed by atoms with van der Waals surface area (Å²) < 4.78 is 0. The first-order chi connectivity index (χ1) is 8.27. The van der Waals surface area contributed by atoms with Crippen molar-refractivity contribution in [2.24, 2.45) is 11.3 Å². The van der Waals surface area contributed by atoms with Crippen molar-refractivity contribution in [3.05, 3.63) is 0 Å². The quantitative estimate of drug-likeness (QED) is 0.770. The minimum atomic E-state index is -0.0657. The lowest BCUT2D eigenvalue weighted by atomic mass is 9.74. The average molecular weight is 238 g/mol. The number of carbonyl (C=O) groups is 1. The Morgan fingerprint density at radius 3 is 2.59 bits per heavy atom. The molecule has 2 rings (SSSR count). The zero-order chi connectivity index (χ0) is 12.1. The third-order valence-corrected chi connectivity index (χ3v) is 4.55. The van der Waals surface area contributed by atoms with Crippen LogP contribution in [0.15, 0.2) is 0 Å². The molecule has 2 fully saturated rings. The third kappa shape index (κ3) is 3.01. The second-order valence-electron chi connectivity index (χ2n) is 5.79. The molecule has 0 aromatic heterocycles. The molecular weight excluding hydrogens is 212 g/mol. The predicted molar refractivity (Wildman–Crippen MR) is 69.8 cm³/mol. The van der Waals surface area contributed by atoms with Gasteiger partial charge in [-0.25, -0.2) is 0 Å². The van der Waals surface area contributed by atoms with Crippen molar-refractivity contribution in [1.82, 2.24) is 10.6 Å². The van der Waals surface area contributed by atoms with Crippen LogP contribution in [0.5, 0.6) is 0 Å². The Hall–Kier alpha value is -0.570. The average Bonchev–Trinajstić information content (AvgIpc) is 2.28. The Morgan fingerprint density at radius 1 is 1.35 bits per heavy atom. The van der Waals surface area contributed by atoms with Crippen molar-refractivity contribution >= 4 is 5.91 Å². The number of nitrogens with one attached hydrogen (secondary N) is 2. The lowest BCUT2D eigenvalue weighted by Gasteiger charge is -2.37. The van der Waals surface area contributed by atoms with Crippen LogP contribution in [-0.4, -0.2) is 25.5 Å². The van der Waals surface area contributed by atoms with Crippen LogP contribution in [0, 0.1) is 11.3 Å². The van der Waals surface area contributed by atoms with E-state index in [4.69, 9.17) is 0 Å². The van der Waals surface area contributed by atoms with Gasteiger partial charge in [0.1, 0.15) is 0 Å². The summed E-state index contributed by atoms with van der Waals surface area (Å²) in [6, 6.07) is 0. The highest BCUT2D eigenvalue weighted by Gasteiger charge is 2.38. The molecule has 17 heavy (non-hydrogen) atoms. The first kappa shape index (κ1) is 12.9. The van der Waals surface area contributed by atoms with Gasteiger partial charge in [-0.05, 0) is 51.1 Å². The van der Waals surface area contributed by atoms with Gasteiger partial charge in [-0.2, -0.15) is 0 Å². The molecule has 98 valence electrons. The van der Waals surface area contributed by atoms with Crippen LogP contribution in [0.1, 0.15) is 51.9 Å². The summed E-state index contributed by atoms with van der Waals surface area (Å²) >= 11 is 0. The van der Waals surface area contributed by atoms with Crippen LogP contribution in [0.2, 0.25) is 0 Å². The normalized spacial score (nSPS) is 24.1. The molecule has 1 amide bonds. The van der Waals surface area contributed by atoms with Gasteiger partial charge in [0.2, 0.25) is 5.91 Å². The van der Waals surface area contributed by atoms with Gasteiger partial charge >= 0.3 is 0 Å². The first-order valence-corrected chi connectivity index (χ1v) is 7.26. The molecular formula is C14H26N2O. The molecule has 0 radical (unpaired) electrons. The van der Waals surface area contributed by atoms with Crippen LogP contribution in [-0.2, 0) is 4.79 Å². The van der Waals surface area contributed by atoms with Gasteiger partial charge in [-0.3, -0.25) is 4.79 Å². The summed E-state index contributed by atoms with van der Waals surface area (Å²) in [6.45, 7) is 5.09. The van der Waals surface area contributed by atoms with Crippen LogP contribution >= 0.6 is 0 Å². The fourth-order valence-electron chi connectivity index (χ4n) is 3.10. The molecule has 1 saturated carbocycles. The van der Waals surface area contributed by atoms with E-state index in [1.807, 2.05) is 0 Å². The summed E-state index contributed by atoms with van der Waals surface area (Å²) in [4.78, 5) is 12.4. The molecule has 1 saturated heterocycles. The maximum Gasteiger partial charge on any atom is 0.226 e. The third-order valence-electron chi connectivity index (χ3n) is 4.55. The maximum absolute atomic E-state index is 12.4. The lowest BCUT2D eigenvalue weighted by molar-refractivity contribution is -0.133. The second-order valence-corrected chi connectivity index (χ2v) is 5.79. The molecule has 2 aliphatic rings. The topological polar surface area (TPSA) is 41.1 Å². The van der Waals surface area contributed by atoms with Crippen molar-refractivity contribution in [1.29, 1.82) is 0 Å². The maximum atomic E-state index is 12.4. The molecule has 0 bridgehead atoms. The standard InChI is InChI=1S/C14H26N2O/c1-2-6-14(7-9-15-10-8-14)13(17)16-11-12-4-3-5-12/h12,15H,2-11H2,1H3,(H,16,17). The summed E-state index contributed by atoms with van der Waals surface area (Å²) in [5, 5.41) is 6.57. The zero-order valence-corrected chi connectivity index (χ0v) is 11.1. The first-order valence-electron chi connectivity index (χ1n) is 7.26. The van der Waals surface area contributed by atoms with E-state index < -0.39 is 0 Å². The second kappa shape index (κ2) is 5.85. The van der Waals surface area contributed by atoms with Gasteiger partial charge < -0.3 is 10.6 Å². The molecule has 3 heteroatoms. The Bertz CT molecular complexity index is 249. The van der Waals surface area contributed by atoms with Crippen LogP contribution < -0.4 is 10.6 Å². The van der Waals surface area contributed by atoms with Gasteiger partial charge in [0.25, 0.3) is 0 Å². The van der Waals surface area contributed by atoms with Crippen LogP contribution in [0.4, 0.5) is 0 Å². The molecule has 0 aromatic rings. The van der Waals surface area contributed by atoms with E-state index in [1.54, 1.807) is 0 Å². The van der Waals surface area contributed by atoms with E-state index in [0.717, 1.165) is 51.2 Å². The SMILES string of the molecule is CCCC1(C(=O)NCC2CCC2)CCNCC1. The van der Waals surface area contributed by atoms with Crippen molar-refractivity contribution in [3.63, 3.8) is 0 Å². The van der Waals surface area contributed by atoms with E-state index >= 15 is 0 Å². The number of piperidine rings is 1. The van der Waals surface area contributed by atoms with Gasteiger partial charge in [0.05, 0.1) is 5.41 Å². The molecule has 0 aromatic carbocycles. The molecule has 0 unspecified atom stereocenters. The van der Waals surface area contributed by atoms with Gasteiger partial charge in [0, 0.05) is 6.54 Å². The molecule has 2 N–H and O–H groups in total. The molecule has 3 nitrogen and oxygen atoms in total. The van der Waals surface area contributed by atoms with E-state index in [0.29, 0.717) is 5.91 Å². The minimum Gasteiger partial charge on any atom is -0.355 e. The smallest absolute Gasteiger partial charge is 0.226 e. The Balaban J connectivity index is 1.86. The fourth-order valence-corrected chi connectivity index (χ4v) is 3.10. The lowest BCUT2D eigenvalue weighted by Crippen LogP contribution is -2.48. The number of hydrogen-bond acceptors (Lipinski definition) is 2. The number of rotatable bonds is 5. The summed E-state index contributed by atoms with van der Waals surface area (Å²) in [6.07, 6.45) is 8.15. The number of amides is 1. The van der Waals surface area contributed by atoms with E-state index in [9.17, 15) is 4.79 Å². The van der Waals surface area contributed by atoms with Crippen LogP contribution in [0.25, 0.3) is 0 Å². The van der Waals surface area contributed by atoms with Gasteiger partial charge in [0.15, 0.2) is 0 Å². The minimum absolute atomic E-state index is 0.0657. The summed E-state index contributed by atoms with van der Waals surface area (Å²) in [5.74, 6) is 1.09. The monoisotopic (exact) mass is 238 g/mol. The predicted octanol–water partition coefficient (Wildman–Crippen LogP) is 2.07. The zero-order valence-electron chi connectivity index (χ0n) is 11.1. The molecule has 1 heterocycles. The van der Waals surface area contributed by atoms with Crippen LogP contribution in [0.3, 0.4) is 0 Å². The highest BCUT2D eigenvalue weighted by atomic mass is 16.2. The summed E-state index contributed by atoms with van der Waals surface area (Å²) in [7, 11) is 0. The van der Waals surface area contributed by atoms with Crippen molar-refractivity contribution in [2.45, 2.75) is 51.9 Å². The Labute approximate surface area is 105 Å². The number of carbonyl (C=O) groups excluding carboxylic acids is 1. The van der Waals surface area contributed by atoms with Gasteiger partial charge in [-0.15, -0.1) is 0 Å². The van der Waals surface area contributed by atoms with Crippen molar-refractivity contribution < 1.29 is 4.79 Å². The van der Waals surface area contributed by atoms with Gasteiger partial charge in [-0.1, -0.05) is 19.8 Å². The Kier molecular flexibility index (Phi) is 4.43.